The molecule has 7 aromatic carbocycles. The summed E-state index contributed by atoms with van der Waals surface area (Å²) < 4.78 is 113. The molecule has 682 valence electrons. The van der Waals surface area contributed by atoms with E-state index < -0.39 is 65.6 Å². The Morgan fingerprint density at radius 2 is 0.831 bits per heavy atom. The lowest BCUT2D eigenvalue weighted by molar-refractivity contribution is 0.0887. The molecule has 0 amide bonds. The number of benzene rings is 7. The van der Waals surface area contributed by atoms with Crippen LogP contribution in [0.2, 0.25) is 0 Å². The molecular weight excluding hydrogens is 1750 g/mol. The molecule has 39 heteroatoms. The van der Waals surface area contributed by atoms with Crippen molar-refractivity contribution in [2.75, 3.05) is 56.1 Å². The summed E-state index contributed by atoms with van der Waals surface area (Å²) >= 11 is 0. The minimum Gasteiger partial charge on any atom is -0.393 e. The van der Waals surface area contributed by atoms with E-state index in [2.05, 4.69) is 160 Å². The van der Waals surface area contributed by atoms with Crippen LogP contribution in [0.1, 0.15) is 114 Å². The largest absolute Gasteiger partial charge is 0.393 e. The summed E-state index contributed by atoms with van der Waals surface area (Å²) in [5, 5.41) is 72.3. The maximum absolute atomic E-state index is 11.1. The molecule has 14 atom stereocenters. The molecule has 0 spiro atoms. The normalized spacial score (nSPS) is 23.7. The van der Waals surface area contributed by atoms with Gasteiger partial charge in [0.05, 0.1) is 91.2 Å². The molecule has 4 fully saturated rings. The van der Waals surface area contributed by atoms with Crippen molar-refractivity contribution in [3.63, 3.8) is 0 Å². The Balaban J connectivity index is 0.000000127. The predicted octanol–water partition coefficient (Wildman–Crippen LogP) is 8.30. The number of nitrogens with one attached hydrogen (secondary N) is 2. The average molecular weight is 1850 g/mol. The second kappa shape index (κ2) is 40.0. The Morgan fingerprint density at radius 3 is 1.37 bits per heavy atom. The number of nitrogens with zero attached hydrogens (tertiary/aromatic N) is 12. The van der Waals surface area contributed by atoms with Crippen molar-refractivity contribution in [3.8, 4) is 11.1 Å². The number of aliphatic imine (C=N–C) groups is 3. The first-order chi connectivity index (χ1) is 62.4. The Hall–Kier alpha value is -10.9. The second-order valence-corrected chi connectivity index (χ2v) is 38.9. The van der Waals surface area contributed by atoms with Crippen molar-refractivity contribution in [3.05, 3.63) is 251 Å². The van der Waals surface area contributed by atoms with Crippen molar-refractivity contribution in [1.29, 1.82) is 0 Å². The van der Waals surface area contributed by atoms with Gasteiger partial charge in [-0.1, -0.05) is 164 Å². The number of fused-ring (bicyclic) bond motifs is 6. The van der Waals surface area contributed by atoms with Gasteiger partial charge < -0.3 is 40.7 Å². The Morgan fingerprint density at radius 1 is 0.415 bits per heavy atom. The molecule has 4 aromatic heterocycles. The minimum atomic E-state index is -4.05. The molecule has 14 N–H and O–H groups in total. The number of methoxy groups -OCH3 is 1. The van der Waals surface area contributed by atoms with E-state index in [0.29, 0.717) is 106 Å². The summed E-state index contributed by atoms with van der Waals surface area (Å²) in [4.78, 5) is 52.2. The molecule has 0 radical (unpaired) electrons. The van der Waals surface area contributed by atoms with Crippen LogP contribution in [-0.2, 0) is 101 Å². The zero-order chi connectivity index (χ0) is 91.2. The lowest BCUT2D eigenvalue weighted by Crippen LogP contribution is -2.31. The summed E-state index contributed by atoms with van der Waals surface area (Å²) in [5.41, 5.74) is 17.5. The summed E-state index contributed by atoms with van der Waals surface area (Å²) in [6.45, 7) is -0.539. The van der Waals surface area contributed by atoms with Gasteiger partial charge in [0.1, 0.15) is 42.4 Å². The van der Waals surface area contributed by atoms with E-state index in [4.69, 9.17) is 44.5 Å². The fourth-order valence-corrected chi connectivity index (χ4v) is 20.5. The van der Waals surface area contributed by atoms with Crippen molar-refractivity contribution in [2.24, 2.45) is 65.1 Å². The smallest absolute Gasteiger partial charge is 0.333 e. The van der Waals surface area contributed by atoms with Crippen LogP contribution in [-0.4, -0.2) is 200 Å². The third-order valence-corrected chi connectivity index (χ3v) is 27.2. The van der Waals surface area contributed by atoms with Crippen LogP contribution in [0.25, 0.3) is 32.7 Å². The molecule has 35 nitrogen and oxygen atoms in total. The number of rotatable bonds is 27. The van der Waals surface area contributed by atoms with E-state index in [0.717, 1.165) is 113 Å². The fraction of sp³-hybridized carbons (Fsp3) is 0.374. The highest BCUT2D eigenvalue weighted by atomic mass is 32.2. The van der Waals surface area contributed by atoms with Crippen molar-refractivity contribution < 1.29 is 75.6 Å². The molecule has 130 heavy (non-hydrogen) atoms. The SMILES string of the molecule is CN(c1ncnc2c1N=C(c1cccc3ccccc13)C2)[C@@H]1C[C@@H](COS(N)(=O)=O)[C@@H](O)C1.CO[C@H]1Cc2ccccc2[C@H]1Cc1cc(C[C@@H]2C[C@@H](COS(N)(=O)=O)[C@@H](O)C2)ncn1.NS(=O)(=O)OC[C@@H]1C[C@@H](Nc2ncnc3c2N=C(c2cccc4ccccc24)C3)C[C@@H]1O.NS(=O)(=O)OC[C@@H]1C[C@@H](Nc2ncnc3c2N=C(c2ccccc2-c2ccccc2)C3)C[C@@H]1O. The molecular formula is C91H102N18O17S4. The van der Waals surface area contributed by atoms with Gasteiger partial charge in [-0.15, -0.1) is 0 Å². The molecule has 11 aromatic rings. The summed E-state index contributed by atoms with van der Waals surface area (Å²) in [6, 6.07) is 57.4. The molecule has 0 unspecified atom stereocenters. The maximum atomic E-state index is 11.1. The standard InChI is InChI=1S/C24H25N5O4S.C23H25N5O4S.C22H23N5O4S.C22H29N3O5S/c25-34(31,32)33-13-16-10-17(11-22(16)30)28-24-23-21(26-14-27-24)12-20(29-23)19-9-5-4-8-18(19)15-6-2-1-3-7-15;1-28(16-9-15(21(29)10-16)12-32-33(24,30)31)23-22-20(25-13-26-23)11-19(27-22)18-8-4-6-14-5-2-3-7-17(14)18;23-32(29,30)31-11-14-8-15(9-20(14)28)26-22-21-19(24-12-25-22)10-18(27-21)17-7-3-5-13-4-1-2-6-16(13)17;1-29-22-9-15-4-2-3-5-19(15)20(22)11-18-10-17(24-13-25-18)7-14-6-16(21(26)8-14)12-30-31(23,27)28/h1-9,14,16-17,22,30H,10-13H2,(H2,25,31,32)(H,26,27,28);2-8,13,15-16,21,29H,9-12H2,1H3,(H2,24,30,31);1-7,12,14-15,20,28H,8-11H2,(H2,23,29,30)(H,24,25,26);2-5,10,13-14,16,20-22,26H,6-9,11-12H2,1H3,(H2,23,27,28)/t16-,17+,22-;15-,16+,21-;14-,15+,20-;14-,16-,20+,21-,22-/m0000/s1. The summed E-state index contributed by atoms with van der Waals surface area (Å²) in [7, 11) is -12.5. The van der Waals surface area contributed by atoms with Gasteiger partial charge in [-0.3, -0.25) is 16.7 Å². The third kappa shape index (κ3) is 22.8. The molecule has 5 aliphatic carbocycles. The number of aromatic nitrogens is 8. The van der Waals surface area contributed by atoms with Crippen LogP contribution < -0.4 is 36.1 Å². The molecule has 4 saturated carbocycles. The number of nitrogens with two attached hydrogens (primary N) is 4. The number of hydrogen-bond donors (Lipinski definition) is 10. The van der Waals surface area contributed by atoms with Gasteiger partial charge in [-0.25, -0.2) is 75.4 Å². The number of hydrogen-bond acceptors (Lipinski definition) is 31. The quantitative estimate of drug-likeness (QED) is 0.0231. The van der Waals surface area contributed by atoms with Gasteiger partial charge >= 0.3 is 41.2 Å². The van der Waals surface area contributed by atoms with Crippen LogP contribution >= 0.6 is 0 Å². The molecule has 7 heterocycles. The molecule has 0 bridgehead atoms. The van der Waals surface area contributed by atoms with Crippen LogP contribution in [0, 0.1) is 29.6 Å². The minimum absolute atomic E-state index is 0.0510. The van der Waals surface area contributed by atoms with Crippen LogP contribution in [0.3, 0.4) is 0 Å². The van der Waals surface area contributed by atoms with Gasteiger partial charge in [0.15, 0.2) is 17.5 Å². The van der Waals surface area contributed by atoms with E-state index in [1.54, 1.807) is 19.8 Å². The highest BCUT2D eigenvalue weighted by molar-refractivity contribution is 7.85. The lowest BCUT2D eigenvalue weighted by atomic mass is 9.93. The third-order valence-electron chi connectivity index (χ3n) is 25.3. The topological polar surface area (TPSA) is 535 Å². The predicted molar refractivity (Wildman–Crippen MR) is 490 cm³/mol. The average Bonchev–Trinajstić information content (AvgIpc) is 1.64. The first-order valence-electron chi connectivity index (χ1n) is 42.8. The summed E-state index contributed by atoms with van der Waals surface area (Å²) in [6.07, 6.45) is 12.0. The van der Waals surface area contributed by atoms with E-state index in [-0.39, 0.29) is 86.2 Å². The number of anilines is 3. The van der Waals surface area contributed by atoms with E-state index in [9.17, 15) is 54.1 Å². The lowest BCUT2D eigenvalue weighted by Gasteiger charge is -2.26. The Labute approximate surface area is 753 Å². The number of ether oxygens (including phenoxy) is 1. The highest BCUT2D eigenvalue weighted by Crippen LogP contribution is 2.45. The van der Waals surface area contributed by atoms with Crippen LogP contribution in [0.15, 0.2) is 210 Å². The number of aliphatic hydroxyl groups is 4. The highest BCUT2D eigenvalue weighted by Gasteiger charge is 2.42. The van der Waals surface area contributed by atoms with E-state index in [1.807, 2.05) is 84.7 Å². The molecule has 0 saturated heterocycles. The molecule has 19 rings (SSSR count). The van der Waals surface area contributed by atoms with Gasteiger partial charge in [-0.05, 0) is 126 Å². The van der Waals surface area contributed by atoms with Gasteiger partial charge in [0.2, 0.25) is 0 Å². The molecule has 8 aliphatic rings. The first kappa shape index (κ1) is 92.3. The van der Waals surface area contributed by atoms with Crippen molar-refractivity contribution in [2.45, 2.75) is 144 Å². The monoisotopic (exact) mass is 1850 g/mol. The Bertz CT molecular complexity index is 6540. The fourth-order valence-electron chi connectivity index (χ4n) is 19.0. The van der Waals surface area contributed by atoms with Gasteiger partial charge in [-0.2, -0.15) is 33.7 Å². The van der Waals surface area contributed by atoms with E-state index >= 15 is 0 Å². The second-order valence-electron chi connectivity index (χ2n) is 34.0. The van der Waals surface area contributed by atoms with Gasteiger partial charge in [0.25, 0.3) is 0 Å². The van der Waals surface area contributed by atoms with Crippen molar-refractivity contribution >= 4 is 114 Å². The first-order valence-corrected chi connectivity index (χ1v) is 48.7. The van der Waals surface area contributed by atoms with E-state index in [1.165, 1.54) is 23.8 Å². The zero-order valence-corrected chi connectivity index (χ0v) is 74.5. The Kier molecular flexibility index (Phi) is 28.4. The van der Waals surface area contributed by atoms with Crippen LogP contribution in [0.4, 0.5) is 34.5 Å². The molecule has 3 aliphatic heterocycles. The van der Waals surface area contributed by atoms with Crippen LogP contribution in [0.5, 0.6) is 0 Å². The number of aliphatic hydroxyl groups excluding tert-OH is 4. The maximum Gasteiger partial charge on any atom is 0.333 e. The van der Waals surface area contributed by atoms with Gasteiger partial charge in [0, 0.05) is 109 Å². The van der Waals surface area contributed by atoms with Crippen molar-refractivity contribution in [1.82, 2.24) is 39.9 Å². The zero-order valence-electron chi connectivity index (χ0n) is 71.2. The summed E-state index contributed by atoms with van der Waals surface area (Å²) in [5.74, 6) is 1.10.